The maximum atomic E-state index is 12.2. The minimum atomic E-state index is -3.66. The third-order valence-electron chi connectivity index (χ3n) is 3.94. The van der Waals surface area contributed by atoms with Crippen LogP contribution in [0, 0.1) is 12.8 Å². The van der Waals surface area contributed by atoms with Crippen LogP contribution in [0.1, 0.15) is 38.2 Å². The van der Waals surface area contributed by atoms with Crippen molar-refractivity contribution in [1.82, 2.24) is 0 Å². The molecule has 0 aromatic heterocycles. The fraction of sp³-hybridized carbons (Fsp3) is 0.625. The maximum absolute atomic E-state index is 12.2. The van der Waals surface area contributed by atoms with Gasteiger partial charge in [-0.25, -0.2) is 0 Å². The summed E-state index contributed by atoms with van der Waals surface area (Å²) in [6.07, 6.45) is 4.21. The summed E-state index contributed by atoms with van der Waals surface area (Å²) in [5, 5.41) is 0. The minimum absolute atomic E-state index is 0.137. The Hall–Kier alpha value is -0.910. The molecule has 0 radical (unpaired) electrons. The summed E-state index contributed by atoms with van der Waals surface area (Å²) in [4.78, 5) is 0.220. The molecule has 2 rings (SSSR count). The first-order chi connectivity index (χ1) is 10.0. The predicted molar refractivity (Wildman–Crippen MR) is 81.7 cm³/mol. The van der Waals surface area contributed by atoms with Crippen LogP contribution in [0.5, 0.6) is 0 Å². The SMILES string of the molecule is CCCC[C@H]1OCC[C@@H]1COS(=O)(=O)c1ccc(C)cc1. The first-order valence-electron chi connectivity index (χ1n) is 7.60. The lowest BCUT2D eigenvalue weighted by Crippen LogP contribution is -2.22. The highest BCUT2D eigenvalue weighted by atomic mass is 32.2. The summed E-state index contributed by atoms with van der Waals surface area (Å²) in [5.74, 6) is 0.178. The van der Waals surface area contributed by atoms with Gasteiger partial charge in [-0.3, -0.25) is 4.18 Å². The number of hydrogen-bond donors (Lipinski definition) is 0. The van der Waals surface area contributed by atoms with Crippen LogP contribution in [0.4, 0.5) is 0 Å². The normalized spacial score (nSPS) is 22.6. The Morgan fingerprint density at radius 3 is 2.67 bits per heavy atom. The van der Waals surface area contributed by atoms with Crippen molar-refractivity contribution < 1.29 is 17.3 Å². The van der Waals surface area contributed by atoms with Gasteiger partial charge in [0.1, 0.15) is 0 Å². The summed E-state index contributed by atoms with van der Waals surface area (Å²) in [6, 6.07) is 6.73. The average Bonchev–Trinajstić information content (AvgIpc) is 2.91. The Morgan fingerprint density at radius 1 is 1.29 bits per heavy atom. The van der Waals surface area contributed by atoms with Gasteiger partial charge in [-0.1, -0.05) is 37.5 Å². The van der Waals surface area contributed by atoms with Gasteiger partial charge in [0.2, 0.25) is 0 Å². The summed E-state index contributed by atoms with van der Waals surface area (Å²) >= 11 is 0. The van der Waals surface area contributed by atoms with Crippen LogP contribution in [0.25, 0.3) is 0 Å². The molecule has 1 aliphatic rings. The van der Waals surface area contributed by atoms with E-state index in [1.165, 1.54) is 0 Å². The molecular formula is C16H24O4S. The second kappa shape index (κ2) is 7.38. The summed E-state index contributed by atoms with van der Waals surface area (Å²) < 4.78 is 35.2. The number of benzene rings is 1. The van der Waals surface area contributed by atoms with Gasteiger partial charge < -0.3 is 4.74 Å². The second-order valence-corrected chi connectivity index (χ2v) is 7.27. The Bertz CT molecular complexity index is 536. The molecule has 0 spiro atoms. The highest BCUT2D eigenvalue weighted by Gasteiger charge is 2.29. The zero-order valence-corrected chi connectivity index (χ0v) is 13.6. The monoisotopic (exact) mass is 312 g/mol. The van der Waals surface area contributed by atoms with Gasteiger partial charge in [-0.2, -0.15) is 8.42 Å². The minimum Gasteiger partial charge on any atom is -0.378 e. The van der Waals surface area contributed by atoms with Gasteiger partial charge in [-0.15, -0.1) is 0 Å². The summed E-state index contributed by atoms with van der Waals surface area (Å²) in [7, 11) is -3.66. The quantitative estimate of drug-likeness (QED) is 0.725. The molecular weight excluding hydrogens is 288 g/mol. The van der Waals surface area contributed by atoms with Crippen LogP contribution in [0.3, 0.4) is 0 Å². The fourth-order valence-electron chi connectivity index (χ4n) is 2.56. The van der Waals surface area contributed by atoms with Crippen molar-refractivity contribution in [2.75, 3.05) is 13.2 Å². The van der Waals surface area contributed by atoms with Crippen molar-refractivity contribution in [1.29, 1.82) is 0 Å². The average molecular weight is 312 g/mol. The molecule has 0 unspecified atom stereocenters. The van der Waals surface area contributed by atoms with Gasteiger partial charge in [0, 0.05) is 12.5 Å². The van der Waals surface area contributed by atoms with E-state index in [1.807, 2.05) is 6.92 Å². The van der Waals surface area contributed by atoms with Crippen molar-refractivity contribution >= 4 is 10.1 Å². The van der Waals surface area contributed by atoms with E-state index in [4.69, 9.17) is 8.92 Å². The van der Waals surface area contributed by atoms with Crippen molar-refractivity contribution in [2.24, 2.45) is 5.92 Å². The first-order valence-corrected chi connectivity index (χ1v) is 9.01. The third-order valence-corrected chi connectivity index (χ3v) is 5.23. The molecule has 0 saturated carbocycles. The Kier molecular flexibility index (Phi) is 5.79. The lowest BCUT2D eigenvalue weighted by Gasteiger charge is -2.18. The van der Waals surface area contributed by atoms with Gasteiger partial charge in [0.15, 0.2) is 0 Å². The summed E-state index contributed by atoms with van der Waals surface area (Å²) in [5.41, 5.74) is 1.03. The lowest BCUT2D eigenvalue weighted by molar-refractivity contribution is 0.0688. The van der Waals surface area contributed by atoms with Crippen molar-refractivity contribution in [3.8, 4) is 0 Å². The van der Waals surface area contributed by atoms with Crippen molar-refractivity contribution in [2.45, 2.75) is 50.5 Å². The topological polar surface area (TPSA) is 52.6 Å². The summed E-state index contributed by atoms with van der Waals surface area (Å²) in [6.45, 7) is 4.98. The molecule has 0 amide bonds. The Labute approximate surface area is 127 Å². The zero-order chi connectivity index (χ0) is 15.3. The maximum Gasteiger partial charge on any atom is 0.296 e. The zero-order valence-electron chi connectivity index (χ0n) is 12.7. The van der Waals surface area contributed by atoms with Crippen LogP contribution in [-0.4, -0.2) is 27.7 Å². The van der Waals surface area contributed by atoms with E-state index in [1.54, 1.807) is 24.3 Å². The largest absolute Gasteiger partial charge is 0.378 e. The first kappa shape index (κ1) is 16.5. The highest BCUT2D eigenvalue weighted by molar-refractivity contribution is 7.86. The number of aryl methyl sites for hydroxylation is 1. The van der Waals surface area contributed by atoms with Gasteiger partial charge in [0.05, 0.1) is 17.6 Å². The molecule has 5 heteroatoms. The molecule has 0 aliphatic carbocycles. The van der Waals surface area contributed by atoms with E-state index >= 15 is 0 Å². The van der Waals surface area contributed by atoms with E-state index in [-0.39, 0.29) is 23.5 Å². The van der Waals surface area contributed by atoms with Crippen LogP contribution in [0.2, 0.25) is 0 Å². The van der Waals surface area contributed by atoms with E-state index in [0.717, 1.165) is 31.2 Å². The highest BCUT2D eigenvalue weighted by Crippen LogP contribution is 2.26. The fourth-order valence-corrected chi connectivity index (χ4v) is 3.52. The van der Waals surface area contributed by atoms with Gasteiger partial charge in [-0.05, 0) is 31.9 Å². The number of hydrogen-bond acceptors (Lipinski definition) is 4. The van der Waals surface area contributed by atoms with Crippen LogP contribution < -0.4 is 0 Å². The lowest BCUT2D eigenvalue weighted by atomic mass is 9.98. The molecule has 21 heavy (non-hydrogen) atoms. The molecule has 0 bridgehead atoms. The second-order valence-electron chi connectivity index (χ2n) is 5.65. The molecule has 2 atom stereocenters. The van der Waals surface area contributed by atoms with Crippen molar-refractivity contribution in [3.63, 3.8) is 0 Å². The van der Waals surface area contributed by atoms with E-state index in [0.29, 0.717) is 6.61 Å². The molecule has 0 N–H and O–H groups in total. The predicted octanol–water partition coefficient (Wildman–Crippen LogP) is 3.30. The van der Waals surface area contributed by atoms with Crippen LogP contribution >= 0.6 is 0 Å². The number of ether oxygens (including phenoxy) is 1. The molecule has 1 aliphatic heterocycles. The Morgan fingerprint density at radius 2 is 2.00 bits per heavy atom. The number of unbranched alkanes of at least 4 members (excludes halogenated alkanes) is 1. The van der Waals surface area contributed by atoms with Crippen LogP contribution in [-0.2, 0) is 19.0 Å². The third kappa shape index (κ3) is 4.53. The van der Waals surface area contributed by atoms with E-state index in [9.17, 15) is 8.42 Å². The smallest absolute Gasteiger partial charge is 0.296 e. The van der Waals surface area contributed by atoms with Gasteiger partial charge in [0.25, 0.3) is 10.1 Å². The molecule has 1 aromatic carbocycles. The van der Waals surface area contributed by atoms with Crippen LogP contribution in [0.15, 0.2) is 29.2 Å². The molecule has 118 valence electrons. The molecule has 1 heterocycles. The van der Waals surface area contributed by atoms with Crippen molar-refractivity contribution in [3.05, 3.63) is 29.8 Å². The standard InChI is InChI=1S/C16H24O4S/c1-3-4-5-16-14(10-11-19-16)12-20-21(17,18)15-8-6-13(2)7-9-15/h6-9,14,16H,3-5,10-12H2,1-2H3/t14-,16-/m1/s1. The van der Waals surface area contributed by atoms with E-state index < -0.39 is 10.1 Å². The molecule has 4 nitrogen and oxygen atoms in total. The molecule has 1 fully saturated rings. The molecule has 1 saturated heterocycles. The van der Waals surface area contributed by atoms with E-state index in [2.05, 4.69) is 6.92 Å². The molecule has 1 aromatic rings. The Balaban J connectivity index is 1.93. The van der Waals surface area contributed by atoms with Gasteiger partial charge >= 0.3 is 0 Å². The number of rotatable bonds is 7.